The van der Waals surface area contributed by atoms with Gasteiger partial charge >= 0.3 is 0 Å². The van der Waals surface area contributed by atoms with Crippen LogP contribution in [0.5, 0.6) is 0 Å². The van der Waals surface area contributed by atoms with Crippen molar-refractivity contribution in [3.8, 4) is 0 Å². The second-order valence-corrected chi connectivity index (χ2v) is 6.18. The van der Waals surface area contributed by atoms with Crippen LogP contribution in [-0.4, -0.2) is 29.9 Å². The van der Waals surface area contributed by atoms with Crippen molar-refractivity contribution in [1.82, 2.24) is 4.90 Å². The molecule has 2 nitrogen and oxygen atoms in total. The Hall–Kier alpha value is -1.29. The maximum Gasteiger partial charge on any atom is 0.0802 e. The lowest BCUT2D eigenvalue weighted by molar-refractivity contribution is 0.147. The van der Waals surface area contributed by atoms with E-state index < -0.39 is 0 Å². The van der Waals surface area contributed by atoms with Gasteiger partial charge in [-0.05, 0) is 43.0 Å². The van der Waals surface area contributed by atoms with E-state index in [1.807, 2.05) is 18.2 Å². The number of thioether (sulfide) groups is 1. The van der Waals surface area contributed by atoms with Crippen molar-refractivity contribution >= 4 is 11.8 Å². The second kappa shape index (κ2) is 8.23. The number of benzene rings is 2. The minimum atomic E-state index is -0.390. The van der Waals surface area contributed by atoms with Crippen molar-refractivity contribution in [2.24, 2.45) is 0 Å². The third-order valence-electron chi connectivity index (χ3n) is 3.58. The van der Waals surface area contributed by atoms with E-state index in [-0.39, 0.29) is 6.10 Å². The third kappa shape index (κ3) is 5.20. The summed E-state index contributed by atoms with van der Waals surface area (Å²) in [5.41, 5.74) is 2.31. The number of hydrogen-bond donors (Lipinski definition) is 1. The minimum Gasteiger partial charge on any atom is -0.388 e. The molecule has 21 heavy (non-hydrogen) atoms. The van der Waals surface area contributed by atoms with Crippen LogP contribution < -0.4 is 0 Å². The van der Waals surface area contributed by atoms with Gasteiger partial charge in [0.25, 0.3) is 0 Å². The van der Waals surface area contributed by atoms with Crippen LogP contribution in [0.4, 0.5) is 0 Å². The quantitative estimate of drug-likeness (QED) is 0.783. The van der Waals surface area contributed by atoms with Gasteiger partial charge in [0, 0.05) is 18.0 Å². The monoisotopic (exact) mass is 301 g/mol. The van der Waals surface area contributed by atoms with Crippen LogP contribution in [0, 0.1) is 0 Å². The second-order valence-electron chi connectivity index (χ2n) is 5.30. The molecule has 0 bridgehead atoms. The highest BCUT2D eigenvalue weighted by Crippen LogP contribution is 2.21. The van der Waals surface area contributed by atoms with Gasteiger partial charge < -0.3 is 10.0 Å². The molecule has 3 heteroatoms. The van der Waals surface area contributed by atoms with Gasteiger partial charge in [-0.1, -0.05) is 42.5 Å². The molecule has 0 aromatic heterocycles. The Morgan fingerprint density at radius 2 is 1.71 bits per heavy atom. The van der Waals surface area contributed by atoms with Gasteiger partial charge in [0.05, 0.1) is 6.10 Å². The van der Waals surface area contributed by atoms with E-state index >= 15 is 0 Å². The van der Waals surface area contributed by atoms with Crippen LogP contribution >= 0.6 is 11.8 Å². The topological polar surface area (TPSA) is 23.5 Å². The first kappa shape index (κ1) is 16.1. The molecule has 2 aromatic rings. The van der Waals surface area contributed by atoms with Crippen LogP contribution in [0.15, 0.2) is 59.5 Å². The van der Waals surface area contributed by atoms with Crippen molar-refractivity contribution in [2.45, 2.75) is 24.0 Å². The van der Waals surface area contributed by atoms with Gasteiger partial charge in [-0.2, -0.15) is 0 Å². The number of hydrogen-bond acceptors (Lipinski definition) is 3. The number of aliphatic hydroxyl groups excluding tert-OH is 1. The number of nitrogens with zero attached hydrogens (tertiary/aromatic N) is 1. The standard InChI is InChI=1S/C18H23NOS/c1-19(14-15-6-4-3-5-7-15)13-12-18(20)16-8-10-17(21-2)11-9-16/h3-11,18,20H,12-14H2,1-2H3. The Morgan fingerprint density at radius 3 is 2.33 bits per heavy atom. The average Bonchev–Trinajstić information content (AvgIpc) is 2.53. The van der Waals surface area contributed by atoms with Gasteiger partial charge in [-0.3, -0.25) is 0 Å². The molecular formula is C18H23NOS. The zero-order chi connectivity index (χ0) is 15.1. The van der Waals surface area contributed by atoms with E-state index in [4.69, 9.17) is 0 Å². The molecular weight excluding hydrogens is 278 g/mol. The molecule has 0 fully saturated rings. The Labute approximate surface area is 131 Å². The molecule has 2 aromatic carbocycles. The molecule has 0 aliphatic carbocycles. The van der Waals surface area contributed by atoms with Crippen molar-refractivity contribution < 1.29 is 5.11 Å². The molecule has 0 heterocycles. The van der Waals surface area contributed by atoms with Crippen molar-refractivity contribution in [1.29, 1.82) is 0 Å². The maximum atomic E-state index is 10.3. The Balaban J connectivity index is 1.81. The van der Waals surface area contributed by atoms with Gasteiger partial charge in [-0.15, -0.1) is 11.8 Å². The molecule has 0 aliphatic heterocycles. The Morgan fingerprint density at radius 1 is 1.05 bits per heavy atom. The van der Waals surface area contributed by atoms with Gasteiger partial charge in [0.2, 0.25) is 0 Å². The fourth-order valence-corrected chi connectivity index (χ4v) is 2.72. The minimum absolute atomic E-state index is 0.390. The summed E-state index contributed by atoms with van der Waals surface area (Å²) in [5.74, 6) is 0. The van der Waals surface area contributed by atoms with E-state index in [1.54, 1.807) is 11.8 Å². The highest BCUT2D eigenvalue weighted by atomic mass is 32.2. The summed E-state index contributed by atoms with van der Waals surface area (Å²) < 4.78 is 0. The van der Waals surface area contributed by atoms with Crippen LogP contribution in [0.1, 0.15) is 23.7 Å². The van der Waals surface area contributed by atoms with Gasteiger partial charge in [-0.25, -0.2) is 0 Å². The Bertz CT molecular complexity index is 527. The van der Waals surface area contributed by atoms with Crippen LogP contribution in [0.3, 0.4) is 0 Å². The summed E-state index contributed by atoms with van der Waals surface area (Å²) >= 11 is 1.72. The molecule has 0 spiro atoms. The molecule has 0 saturated carbocycles. The smallest absolute Gasteiger partial charge is 0.0802 e. The van der Waals surface area contributed by atoms with E-state index in [1.165, 1.54) is 10.5 Å². The number of rotatable bonds is 7. The molecule has 1 unspecified atom stereocenters. The van der Waals surface area contributed by atoms with Crippen molar-refractivity contribution in [3.63, 3.8) is 0 Å². The first-order valence-electron chi connectivity index (χ1n) is 7.23. The largest absolute Gasteiger partial charge is 0.388 e. The molecule has 0 amide bonds. The zero-order valence-corrected chi connectivity index (χ0v) is 13.5. The van der Waals surface area contributed by atoms with E-state index in [9.17, 15) is 5.11 Å². The first-order chi connectivity index (χ1) is 10.2. The van der Waals surface area contributed by atoms with Gasteiger partial charge in [0.1, 0.15) is 0 Å². The third-order valence-corrected chi connectivity index (χ3v) is 4.32. The van der Waals surface area contributed by atoms with Crippen molar-refractivity contribution in [2.75, 3.05) is 19.8 Å². The molecule has 1 atom stereocenters. The molecule has 0 saturated heterocycles. The van der Waals surface area contributed by atoms with Crippen LogP contribution in [0.25, 0.3) is 0 Å². The van der Waals surface area contributed by atoms with E-state index in [0.717, 1.165) is 25.1 Å². The predicted molar refractivity (Wildman–Crippen MR) is 90.6 cm³/mol. The molecule has 0 aliphatic rings. The molecule has 112 valence electrons. The fourth-order valence-electron chi connectivity index (χ4n) is 2.31. The van der Waals surface area contributed by atoms with Crippen LogP contribution in [0.2, 0.25) is 0 Å². The summed E-state index contributed by atoms with van der Waals surface area (Å²) in [6.45, 7) is 1.79. The maximum absolute atomic E-state index is 10.3. The summed E-state index contributed by atoms with van der Waals surface area (Å²) in [7, 11) is 2.09. The summed E-state index contributed by atoms with van der Waals surface area (Å²) in [5, 5.41) is 10.3. The first-order valence-corrected chi connectivity index (χ1v) is 8.46. The van der Waals surface area contributed by atoms with E-state index in [2.05, 4.69) is 54.6 Å². The van der Waals surface area contributed by atoms with Crippen LogP contribution in [-0.2, 0) is 6.54 Å². The summed E-state index contributed by atoms with van der Waals surface area (Å²) in [4.78, 5) is 3.47. The predicted octanol–water partition coefficient (Wildman–Crippen LogP) is 3.96. The molecule has 0 radical (unpaired) electrons. The molecule has 2 rings (SSSR count). The number of aliphatic hydroxyl groups is 1. The highest BCUT2D eigenvalue weighted by molar-refractivity contribution is 7.98. The van der Waals surface area contributed by atoms with Crippen molar-refractivity contribution in [3.05, 3.63) is 65.7 Å². The lowest BCUT2D eigenvalue weighted by Crippen LogP contribution is -2.20. The fraction of sp³-hybridized carbons (Fsp3) is 0.333. The summed E-state index contributed by atoms with van der Waals surface area (Å²) in [6, 6.07) is 18.6. The lowest BCUT2D eigenvalue weighted by atomic mass is 10.1. The average molecular weight is 301 g/mol. The normalized spacial score (nSPS) is 12.6. The highest BCUT2D eigenvalue weighted by Gasteiger charge is 2.09. The molecule has 1 N–H and O–H groups in total. The zero-order valence-electron chi connectivity index (χ0n) is 12.7. The van der Waals surface area contributed by atoms with Gasteiger partial charge in [0.15, 0.2) is 0 Å². The summed E-state index contributed by atoms with van der Waals surface area (Å²) in [6.07, 6.45) is 2.42. The van der Waals surface area contributed by atoms with E-state index in [0.29, 0.717) is 0 Å². The SMILES string of the molecule is CSc1ccc(C(O)CCN(C)Cc2ccccc2)cc1. The Kier molecular flexibility index (Phi) is 6.30. The lowest BCUT2D eigenvalue weighted by Gasteiger charge is -2.19.